The molecule has 0 bridgehead atoms. The van der Waals surface area contributed by atoms with E-state index in [1.807, 2.05) is 0 Å². The summed E-state index contributed by atoms with van der Waals surface area (Å²) < 4.78 is 40.5. The van der Waals surface area contributed by atoms with E-state index in [2.05, 4.69) is 20.3 Å². The summed E-state index contributed by atoms with van der Waals surface area (Å²) in [7, 11) is -4.11. The van der Waals surface area contributed by atoms with Crippen molar-refractivity contribution in [3.8, 4) is 0 Å². The molecule has 0 aromatic heterocycles. The van der Waals surface area contributed by atoms with Crippen LogP contribution >= 0.6 is 0 Å². The molecule has 10 heteroatoms. The summed E-state index contributed by atoms with van der Waals surface area (Å²) in [4.78, 5) is 16.0. The van der Waals surface area contributed by atoms with E-state index in [1.165, 1.54) is 51.9 Å². The Morgan fingerprint density at radius 1 is 0.821 bits per heavy atom. The molecule has 0 aliphatic rings. The molecule has 8 nitrogen and oxygen atoms in total. The molecule has 0 amide bonds. The Morgan fingerprint density at radius 2 is 1.39 bits per heavy atom. The van der Waals surface area contributed by atoms with Crippen LogP contribution in [0.5, 0.6) is 0 Å². The fourth-order valence-corrected chi connectivity index (χ4v) is 2.83. The van der Waals surface area contributed by atoms with Crippen LogP contribution in [0.15, 0.2) is 0 Å². The quantitative estimate of drug-likeness (QED) is 0.0910. The molecule has 0 N–H and O–H groups in total. The Hall–Kier alpha value is 0.260. The maximum Gasteiger partial charge on any atom is 1.00 e. The summed E-state index contributed by atoms with van der Waals surface area (Å²) in [6, 6.07) is 0. The normalized spacial score (nSPS) is 11.2. The second-order valence-electron chi connectivity index (χ2n) is 6.12. The minimum Gasteiger partial charge on any atom is -1.00 e. The van der Waals surface area contributed by atoms with Crippen molar-refractivity contribution in [1.82, 2.24) is 0 Å². The smallest absolute Gasteiger partial charge is 1.00 e. The van der Waals surface area contributed by atoms with Gasteiger partial charge in [0.1, 0.15) is 13.2 Å². The van der Waals surface area contributed by atoms with Crippen molar-refractivity contribution in [2.75, 3.05) is 33.0 Å². The van der Waals surface area contributed by atoms with Crippen molar-refractivity contribution < 1.29 is 67.1 Å². The fraction of sp³-hybridized carbons (Fsp3) is 0.944. The van der Waals surface area contributed by atoms with Gasteiger partial charge >= 0.3 is 45.9 Å². The Bertz CT molecular complexity index is 451. The minimum absolute atomic E-state index is 0. The van der Waals surface area contributed by atoms with Gasteiger partial charge in [0, 0.05) is 6.42 Å². The zero-order valence-corrected chi connectivity index (χ0v) is 20.6. The van der Waals surface area contributed by atoms with Crippen LogP contribution in [0.4, 0.5) is 0 Å². The summed E-state index contributed by atoms with van der Waals surface area (Å²) in [6.45, 7) is 4.09. The third-order valence-electron chi connectivity index (χ3n) is 3.68. The van der Waals surface area contributed by atoms with Gasteiger partial charge in [-0.15, -0.1) is 0 Å². The fourth-order valence-electron chi connectivity index (χ4n) is 2.32. The zero-order valence-electron chi connectivity index (χ0n) is 18.8. The SMILES string of the molecule is CCCCCCCCCCCC(=O)OCCOCCOOS(=O)(=O)OCC.[H-].[Na+]. The third-order valence-corrected chi connectivity index (χ3v) is 4.47. The van der Waals surface area contributed by atoms with E-state index in [0.29, 0.717) is 6.42 Å². The molecule has 0 aliphatic heterocycles. The van der Waals surface area contributed by atoms with Crippen LogP contribution in [0.1, 0.15) is 79.5 Å². The average molecular weight is 437 g/mol. The minimum atomic E-state index is -4.11. The molecule has 28 heavy (non-hydrogen) atoms. The maximum atomic E-state index is 11.6. The van der Waals surface area contributed by atoms with E-state index < -0.39 is 10.4 Å². The molecular formula is C18H37NaO8S. The van der Waals surface area contributed by atoms with Crippen LogP contribution in [0.2, 0.25) is 0 Å². The van der Waals surface area contributed by atoms with Crippen LogP contribution in [0.25, 0.3) is 0 Å². The molecule has 0 aliphatic carbocycles. The Balaban J connectivity index is -0.00000338. The molecule has 164 valence electrons. The molecule has 0 rings (SSSR count). The Morgan fingerprint density at radius 3 is 2.00 bits per heavy atom. The molecule has 0 atom stereocenters. The van der Waals surface area contributed by atoms with Crippen molar-refractivity contribution in [3.63, 3.8) is 0 Å². The van der Waals surface area contributed by atoms with Gasteiger partial charge in [-0.3, -0.25) is 4.79 Å². The Labute approximate surface area is 194 Å². The molecule has 0 heterocycles. The van der Waals surface area contributed by atoms with Crippen LogP contribution in [0.3, 0.4) is 0 Å². The van der Waals surface area contributed by atoms with Crippen LogP contribution in [-0.4, -0.2) is 47.4 Å². The van der Waals surface area contributed by atoms with E-state index in [0.717, 1.165) is 12.8 Å². The van der Waals surface area contributed by atoms with Crippen LogP contribution < -0.4 is 29.6 Å². The second kappa shape index (κ2) is 22.0. The largest absolute Gasteiger partial charge is 1.00 e. The van der Waals surface area contributed by atoms with Gasteiger partial charge in [0.05, 0.1) is 19.8 Å². The standard InChI is InChI=1S/C18H36O8S.Na.H/c1-3-5-6-7-8-9-10-11-12-13-18(19)23-16-14-22-15-17-24-26-27(20,21)25-4-2;;/h3-17H2,1-2H3;;/q;+1;-1. The van der Waals surface area contributed by atoms with Crippen molar-refractivity contribution in [2.45, 2.75) is 78.1 Å². The number of ether oxygens (including phenoxy) is 2. The van der Waals surface area contributed by atoms with Gasteiger partial charge in [-0.2, -0.15) is 8.42 Å². The second-order valence-corrected chi connectivity index (χ2v) is 7.30. The number of hydrogen-bond donors (Lipinski definition) is 0. The molecule has 0 fully saturated rings. The summed E-state index contributed by atoms with van der Waals surface area (Å²) in [5, 5.41) is 0. The van der Waals surface area contributed by atoms with Crippen molar-refractivity contribution in [2.24, 2.45) is 0 Å². The number of rotatable bonds is 20. The third kappa shape index (κ3) is 22.5. The van der Waals surface area contributed by atoms with E-state index in [-0.39, 0.29) is 70.0 Å². The first kappa shape index (κ1) is 30.5. The zero-order chi connectivity index (χ0) is 20.2. The first-order valence-corrected chi connectivity index (χ1v) is 11.3. The van der Waals surface area contributed by atoms with Crippen LogP contribution in [0, 0.1) is 0 Å². The number of hydrogen-bond acceptors (Lipinski definition) is 8. The van der Waals surface area contributed by atoms with Gasteiger partial charge < -0.3 is 10.9 Å². The van der Waals surface area contributed by atoms with Gasteiger partial charge in [0.15, 0.2) is 0 Å². The average Bonchev–Trinajstić information content (AvgIpc) is 2.62. The summed E-state index contributed by atoms with van der Waals surface area (Å²) in [6.07, 6.45) is 11.3. The first-order valence-electron chi connectivity index (χ1n) is 9.95. The van der Waals surface area contributed by atoms with Crippen LogP contribution in [-0.2, 0) is 38.1 Å². The van der Waals surface area contributed by atoms with E-state index in [4.69, 9.17) is 9.47 Å². The van der Waals surface area contributed by atoms with Gasteiger partial charge in [-0.25, -0.2) is 9.07 Å². The van der Waals surface area contributed by atoms with Gasteiger partial charge in [0.25, 0.3) is 0 Å². The van der Waals surface area contributed by atoms with Crippen molar-refractivity contribution in [1.29, 1.82) is 0 Å². The maximum absolute atomic E-state index is 11.6. The van der Waals surface area contributed by atoms with Gasteiger partial charge in [0.2, 0.25) is 0 Å². The summed E-state index contributed by atoms with van der Waals surface area (Å²) in [5.41, 5.74) is 0. The van der Waals surface area contributed by atoms with Crippen molar-refractivity contribution >= 4 is 16.4 Å². The number of carbonyl (C=O) groups is 1. The van der Waals surface area contributed by atoms with E-state index >= 15 is 0 Å². The predicted octanol–water partition coefficient (Wildman–Crippen LogP) is 0.813. The molecule has 0 spiro atoms. The topological polar surface area (TPSA) is 97.4 Å². The number of esters is 1. The molecule has 0 unspecified atom stereocenters. The molecular weight excluding hydrogens is 399 g/mol. The number of carbonyl (C=O) groups excluding carboxylic acids is 1. The predicted molar refractivity (Wildman–Crippen MR) is 102 cm³/mol. The van der Waals surface area contributed by atoms with E-state index in [1.54, 1.807) is 0 Å². The Kier molecular flexibility index (Phi) is 23.9. The molecule has 0 saturated heterocycles. The summed E-state index contributed by atoms with van der Waals surface area (Å²) >= 11 is 0. The van der Waals surface area contributed by atoms with Gasteiger partial charge in [-0.05, 0) is 13.3 Å². The molecule has 0 radical (unpaired) electrons. The molecule has 0 saturated carbocycles. The summed E-state index contributed by atoms with van der Waals surface area (Å²) in [5.74, 6) is -0.219. The molecule has 0 aromatic carbocycles. The molecule has 0 aromatic rings. The van der Waals surface area contributed by atoms with E-state index in [9.17, 15) is 13.2 Å². The monoisotopic (exact) mass is 436 g/mol. The van der Waals surface area contributed by atoms with Gasteiger partial charge in [-0.1, -0.05) is 62.6 Å². The number of unbranched alkanes of at least 4 members (excludes halogenated alkanes) is 8. The first-order chi connectivity index (χ1) is 13.0. The van der Waals surface area contributed by atoms with Crippen molar-refractivity contribution in [3.05, 3.63) is 0 Å².